The predicted octanol–water partition coefficient (Wildman–Crippen LogP) is 1.63. The van der Waals surface area contributed by atoms with Crippen molar-refractivity contribution in [2.45, 2.75) is 39.7 Å². The standard InChI is InChI=1S/C12H26N2OS/c1-12(2,3)11(13-4)9-14(16(5)15)8-10-6-7-10/h10-11,13H,6-9H2,1-5H3/t11-,16?/m1/s1. The minimum atomic E-state index is -0.848. The van der Waals surface area contributed by atoms with Crippen LogP contribution in [0.2, 0.25) is 0 Å². The van der Waals surface area contributed by atoms with Crippen LogP contribution in [0.4, 0.5) is 0 Å². The Morgan fingerprint density at radius 1 is 1.44 bits per heavy atom. The third-order valence-corrected chi connectivity index (χ3v) is 4.33. The van der Waals surface area contributed by atoms with Gasteiger partial charge in [-0.1, -0.05) is 20.8 Å². The normalized spacial score (nSPS) is 21.2. The lowest BCUT2D eigenvalue weighted by Gasteiger charge is -2.34. The number of hydrogen-bond donors (Lipinski definition) is 1. The molecule has 16 heavy (non-hydrogen) atoms. The molecule has 1 N–H and O–H groups in total. The first kappa shape index (κ1) is 14.3. The minimum absolute atomic E-state index is 0.204. The van der Waals surface area contributed by atoms with Crippen molar-refractivity contribution in [3.63, 3.8) is 0 Å². The Labute approximate surface area is 103 Å². The summed E-state index contributed by atoms with van der Waals surface area (Å²) in [7, 11) is 1.99. The van der Waals surface area contributed by atoms with Gasteiger partial charge in [0.05, 0.1) is 6.54 Å². The van der Waals surface area contributed by atoms with Crippen LogP contribution in [0.3, 0.4) is 0 Å². The van der Waals surface area contributed by atoms with Crippen LogP contribution in [0.5, 0.6) is 0 Å². The van der Waals surface area contributed by atoms with Crippen LogP contribution in [-0.2, 0) is 11.4 Å². The summed E-state index contributed by atoms with van der Waals surface area (Å²) in [5.74, 6) is 0.793. The lowest BCUT2D eigenvalue weighted by atomic mass is 9.87. The lowest BCUT2D eigenvalue weighted by molar-refractivity contribution is 0.231. The molecule has 0 spiro atoms. The molecule has 0 saturated heterocycles. The van der Waals surface area contributed by atoms with Crippen LogP contribution >= 0.6 is 0 Å². The van der Waals surface area contributed by atoms with Crippen molar-refractivity contribution < 1.29 is 4.55 Å². The Balaban J connectivity index is 2.50. The zero-order valence-electron chi connectivity index (χ0n) is 11.2. The molecule has 96 valence electrons. The molecule has 0 bridgehead atoms. The highest BCUT2D eigenvalue weighted by atomic mass is 32.2. The van der Waals surface area contributed by atoms with Crippen molar-refractivity contribution in [2.24, 2.45) is 11.3 Å². The van der Waals surface area contributed by atoms with Crippen LogP contribution < -0.4 is 5.32 Å². The molecule has 2 atom stereocenters. The monoisotopic (exact) mass is 246 g/mol. The van der Waals surface area contributed by atoms with Crippen LogP contribution in [0.15, 0.2) is 0 Å². The average Bonchev–Trinajstić information content (AvgIpc) is 2.92. The van der Waals surface area contributed by atoms with E-state index in [-0.39, 0.29) is 5.41 Å². The van der Waals surface area contributed by atoms with E-state index in [1.54, 1.807) is 6.26 Å². The minimum Gasteiger partial charge on any atom is -0.598 e. The molecule has 0 aromatic heterocycles. The summed E-state index contributed by atoms with van der Waals surface area (Å²) in [6, 6.07) is 0.384. The second kappa shape index (κ2) is 5.71. The Kier molecular flexibility index (Phi) is 5.10. The van der Waals surface area contributed by atoms with Gasteiger partial charge < -0.3 is 9.87 Å². The Hall–Kier alpha value is 0.230. The molecule has 0 heterocycles. The van der Waals surface area contributed by atoms with Gasteiger partial charge in [-0.3, -0.25) is 0 Å². The van der Waals surface area contributed by atoms with Gasteiger partial charge in [0.15, 0.2) is 0 Å². The second-order valence-corrected chi connectivity index (χ2v) is 7.29. The Morgan fingerprint density at radius 2 is 2.00 bits per heavy atom. The van der Waals surface area contributed by atoms with E-state index in [1.807, 2.05) is 7.05 Å². The van der Waals surface area contributed by atoms with E-state index in [0.29, 0.717) is 6.04 Å². The van der Waals surface area contributed by atoms with Crippen LogP contribution in [0.25, 0.3) is 0 Å². The molecule has 4 heteroatoms. The van der Waals surface area contributed by atoms with Crippen molar-refractivity contribution in [2.75, 3.05) is 26.4 Å². The summed E-state index contributed by atoms with van der Waals surface area (Å²) in [5, 5.41) is 3.34. The van der Waals surface area contributed by atoms with Gasteiger partial charge in [-0.2, -0.15) is 0 Å². The molecule has 0 amide bonds. The van der Waals surface area contributed by atoms with Crippen molar-refractivity contribution in [3.05, 3.63) is 0 Å². The third kappa shape index (κ3) is 4.62. The third-order valence-electron chi connectivity index (χ3n) is 3.30. The molecule has 1 aliphatic rings. The van der Waals surface area contributed by atoms with Crippen molar-refractivity contribution in [3.8, 4) is 0 Å². The number of rotatable bonds is 6. The zero-order valence-corrected chi connectivity index (χ0v) is 12.1. The Bertz CT molecular complexity index is 212. The lowest BCUT2D eigenvalue weighted by Crippen LogP contribution is -2.49. The highest BCUT2D eigenvalue weighted by molar-refractivity contribution is 7.88. The maximum atomic E-state index is 11.7. The van der Waals surface area contributed by atoms with E-state index >= 15 is 0 Å². The van der Waals surface area contributed by atoms with E-state index in [0.717, 1.165) is 19.0 Å². The van der Waals surface area contributed by atoms with Gasteiger partial charge in [0, 0.05) is 23.9 Å². The van der Waals surface area contributed by atoms with Crippen molar-refractivity contribution >= 4 is 11.4 Å². The van der Waals surface area contributed by atoms with E-state index < -0.39 is 11.4 Å². The fourth-order valence-electron chi connectivity index (χ4n) is 1.87. The second-order valence-electron chi connectivity index (χ2n) is 5.92. The van der Waals surface area contributed by atoms with Gasteiger partial charge >= 0.3 is 0 Å². The van der Waals surface area contributed by atoms with Crippen LogP contribution in [0, 0.1) is 11.3 Å². The molecule has 0 aliphatic heterocycles. The van der Waals surface area contributed by atoms with Gasteiger partial charge in [-0.05, 0) is 31.2 Å². The quantitative estimate of drug-likeness (QED) is 0.724. The summed E-state index contributed by atoms with van der Waals surface area (Å²) in [6.45, 7) is 8.54. The van der Waals surface area contributed by atoms with Gasteiger partial charge in [0.25, 0.3) is 0 Å². The topological polar surface area (TPSA) is 38.3 Å². The first-order valence-electron chi connectivity index (χ1n) is 6.10. The first-order chi connectivity index (χ1) is 7.34. The van der Waals surface area contributed by atoms with Gasteiger partial charge in [-0.15, -0.1) is 4.31 Å². The number of hydrogen-bond acceptors (Lipinski definition) is 3. The number of nitrogens with one attached hydrogen (secondary N) is 1. The maximum Gasteiger partial charge on any atom is 0.115 e. The van der Waals surface area contributed by atoms with Crippen molar-refractivity contribution in [1.82, 2.24) is 9.62 Å². The summed E-state index contributed by atoms with van der Waals surface area (Å²) in [5.41, 5.74) is 0.204. The molecule has 1 aliphatic carbocycles. The van der Waals surface area contributed by atoms with Crippen LogP contribution in [0.1, 0.15) is 33.6 Å². The molecular weight excluding hydrogens is 220 g/mol. The molecule has 1 saturated carbocycles. The van der Waals surface area contributed by atoms with E-state index in [2.05, 4.69) is 30.4 Å². The van der Waals surface area contributed by atoms with Gasteiger partial charge in [0.2, 0.25) is 0 Å². The maximum absolute atomic E-state index is 11.7. The van der Waals surface area contributed by atoms with Gasteiger partial charge in [0.1, 0.15) is 6.26 Å². The molecule has 0 aromatic carbocycles. The zero-order chi connectivity index (χ0) is 12.3. The van der Waals surface area contributed by atoms with Crippen molar-refractivity contribution in [1.29, 1.82) is 0 Å². The van der Waals surface area contributed by atoms with E-state index in [9.17, 15) is 4.55 Å². The fourth-order valence-corrected chi connectivity index (χ4v) is 2.65. The summed E-state index contributed by atoms with van der Waals surface area (Å²) < 4.78 is 13.8. The summed E-state index contributed by atoms with van der Waals surface area (Å²) in [4.78, 5) is 0. The van der Waals surface area contributed by atoms with Crippen LogP contribution in [-0.4, -0.2) is 41.3 Å². The van der Waals surface area contributed by atoms with Gasteiger partial charge in [-0.25, -0.2) is 0 Å². The molecule has 1 unspecified atom stereocenters. The number of nitrogens with zero attached hydrogens (tertiary/aromatic N) is 1. The smallest absolute Gasteiger partial charge is 0.115 e. The highest BCUT2D eigenvalue weighted by Crippen LogP contribution is 2.31. The fraction of sp³-hybridized carbons (Fsp3) is 1.00. The SMILES string of the molecule is CN[C@H](CN(CC1CC1)[S+](C)[O-])C(C)(C)C. The summed E-state index contributed by atoms with van der Waals surface area (Å²) in [6.07, 6.45) is 4.42. The van der Waals surface area contributed by atoms with E-state index in [1.165, 1.54) is 12.8 Å². The highest BCUT2D eigenvalue weighted by Gasteiger charge is 2.33. The largest absolute Gasteiger partial charge is 0.598 e. The molecular formula is C12H26N2OS. The first-order valence-corrected chi connectivity index (χ1v) is 7.62. The molecule has 1 rings (SSSR count). The molecule has 1 fully saturated rings. The molecule has 3 nitrogen and oxygen atoms in total. The number of likely N-dealkylation sites (N-methyl/N-ethyl adjacent to an activating group) is 1. The van der Waals surface area contributed by atoms with E-state index in [4.69, 9.17) is 0 Å². The molecule has 0 radical (unpaired) electrons. The Morgan fingerprint density at radius 3 is 2.31 bits per heavy atom. The predicted molar refractivity (Wildman–Crippen MR) is 70.7 cm³/mol. The molecule has 0 aromatic rings. The average molecular weight is 246 g/mol. The summed E-state index contributed by atoms with van der Waals surface area (Å²) >= 11 is -0.848.